The van der Waals surface area contributed by atoms with Gasteiger partial charge in [-0.25, -0.2) is 0 Å². The maximum Gasteiger partial charge on any atom is 0.251 e. The first kappa shape index (κ1) is 13.4. The highest BCUT2D eigenvalue weighted by molar-refractivity contribution is 7.98. The second-order valence-corrected chi connectivity index (χ2v) is 5.77. The van der Waals surface area contributed by atoms with Crippen LogP contribution in [0.2, 0.25) is 0 Å². The van der Waals surface area contributed by atoms with Crippen molar-refractivity contribution in [1.82, 2.24) is 5.32 Å². The third kappa shape index (κ3) is 3.27. The van der Waals surface area contributed by atoms with Gasteiger partial charge in [0.1, 0.15) is 0 Å². The van der Waals surface area contributed by atoms with Gasteiger partial charge in [0.25, 0.3) is 5.91 Å². The Hall–Kier alpha value is -1.00. The average Bonchev–Trinajstić information content (AvgIpc) is 3.20. The normalized spacial score (nSPS) is 16.4. The molecular formula is C14H20N2OS. The van der Waals surface area contributed by atoms with Crippen LogP contribution >= 0.6 is 11.8 Å². The van der Waals surface area contributed by atoms with E-state index in [1.54, 1.807) is 11.8 Å². The van der Waals surface area contributed by atoms with Gasteiger partial charge in [0.15, 0.2) is 0 Å². The molecule has 0 radical (unpaired) electrons. The minimum Gasteiger partial charge on any atom is -0.350 e. The van der Waals surface area contributed by atoms with Crippen LogP contribution in [0.25, 0.3) is 0 Å². The minimum atomic E-state index is -0.0144. The zero-order valence-corrected chi connectivity index (χ0v) is 11.7. The first-order chi connectivity index (χ1) is 8.61. The molecule has 1 amide bonds. The molecule has 3 N–H and O–H groups in total. The summed E-state index contributed by atoms with van der Waals surface area (Å²) in [4.78, 5) is 13.2. The monoisotopic (exact) mass is 264 g/mol. The summed E-state index contributed by atoms with van der Waals surface area (Å²) < 4.78 is 0. The molecule has 1 unspecified atom stereocenters. The number of benzene rings is 1. The van der Waals surface area contributed by atoms with E-state index in [-0.39, 0.29) is 11.9 Å². The molecule has 3 nitrogen and oxygen atoms in total. The number of nitrogens with one attached hydrogen (secondary N) is 1. The number of aryl methyl sites for hydroxylation is 1. The van der Waals surface area contributed by atoms with E-state index in [9.17, 15) is 4.79 Å². The molecule has 1 aliphatic carbocycles. The first-order valence-electron chi connectivity index (χ1n) is 6.30. The predicted octanol–water partition coefficient (Wildman–Crippen LogP) is 2.18. The predicted molar refractivity (Wildman–Crippen MR) is 76.0 cm³/mol. The highest BCUT2D eigenvalue weighted by atomic mass is 32.2. The fourth-order valence-electron chi connectivity index (χ4n) is 1.97. The minimum absolute atomic E-state index is 0.0144. The fraction of sp³-hybridized carbons (Fsp3) is 0.500. The smallest absolute Gasteiger partial charge is 0.251 e. The fourth-order valence-corrected chi connectivity index (χ4v) is 2.41. The SMILES string of the molecule is CSc1ccc(C)c(C(=O)NCC(N)C2CC2)c1. The lowest BCUT2D eigenvalue weighted by Crippen LogP contribution is -2.38. The van der Waals surface area contributed by atoms with E-state index < -0.39 is 0 Å². The van der Waals surface area contributed by atoms with Gasteiger partial charge in [0.05, 0.1) is 0 Å². The van der Waals surface area contributed by atoms with Crippen LogP contribution in [0.1, 0.15) is 28.8 Å². The molecule has 0 heterocycles. The van der Waals surface area contributed by atoms with E-state index in [2.05, 4.69) is 5.32 Å². The van der Waals surface area contributed by atoms with Crippen molar-refractivity contribution in [2.24, 2.45) is 11.7 Å². The van der Waals surface area contributed by atoms with Gasteiger partial charge >= 0.3 is 0 Å². The van der Waals surface area contributed by atoms with Crippen LogP contribution in [0.4, 0.5) is 0 Å². The molecule has 18 heavy (non-hydrogen) atoms. The number of carbonyl (C=O) groups is 1. The summed E-state index contributed by atoms with van der Waals surface area (Å²) in [5.41, 5.74) is 7.74. The molecule has 1 fully saturated rings. The standard InChI is InChI=1S/C14H20N2OS/c1-9-3-6-11(18-2)7-12(9)14(17)16-8-13(15)10-4-5-10/h3,6-7,10,13H,4-5,8,15H2,1-2H3,(H,16,17). The summed E-state index contributed by atoms with van der Waals surface area (Å²) in [5.74, 6) is 0.600. The molecule has 1 aromatic carbocycles. The van der Waals surface area contributed by atoms with Crippen molar-refractivity contribution in [2.75, 3.05) is 12.8 Å². The molecule has 0 saturated heterocycles. The van der Waals surface area contributed by atoms with Crippen molar-refractivity contribution in [3.05, 3.63) is 29.3 Å². The molecule has 0 aromatic heterocycles. The van der Waals surface area contributed by atoms with Gasteiger partial charge in [0, 0.05) is 23.0 Å². The Morgan fingerprint density at radius 2 is 2.28 bits per heavy atom. The topological polar surface area (TPSA) is 55.1 Å². The first-order valence-corrected chi connectivity index (χ1v) is 7.52. The lowest BCUT2D eigenvalue weighted by molar-refractivity contribution is 0.0949. The van der Waals surface area contributed by atoms with Crippen molar-refractivity contribution in [1.29, 1.82) is 0 Å². The van der Waals surface area contributed by atoms with Gasteiger partial charge in [-0.3, -0.25) is 4.79 Å². The molecule has 1 atom stereocenters. The van der Waals surface area contributed by atoms with Gasteiger partial charge in [-0.1, -0.05) is 6.07 Å². The van der Waals surface area contributed by atoms with E-state index in [1.807, 2.05) is 31.4 Å². The summed E-state index contributed by atoms with van der Waals surface area (Å²) in [7, 11) is 0. The zero-order chi connectivity index (χ0) is 13.1. The van der Waals surface area contributed by atoms with Crippen molar-refractivity contribution < 1.29 is 4.79 Å². The van der Waals surface area contributed by atoms with E-state index in [1.165, 1.54) is 12.8 Å². The number of carbonyl (C=O) groups excluding carboxylic acids is 1. The highest BCUT2D eigenvalue weighted by Gasteiger charge is 2.28. The van der Waals surface area contributed by atoms with Gasteiger partial charge in [0.2, 0.25) is 0 Å². The van der Waals surface area contributed by atoms with Gasteiger partial charge < -0.3 is 11.1 Å². The summed E-state index contributed by atoms with van der Waals surface area (Å²) in [6, 6.07) is 6.07. The second-order valence-electron chi connectivity index (χ2n) is 4.89. The maximum absolute atomic E-state index is 12.1. The summed E-state index contributed by atoms with van der Waals surface area (Å²) >= 11 is 1.64. The Kier molecular flexibility index (Phi) is 4.30. The zero-order valence-electron chi connectivity index (χ0n) is 10.9. The maximum atomic E-state index is 12.1. The van der Waals surface area contributed by atoms with Crippen LogP contribution < -0.4 is 11.1 Å². The highest BCUT2D eigenvalue weighted by Crippen LogP contribution is 2.31. The van der Waals surface area contributed by atoms with Crippen LogP contribution in [0.3, 0.4) is 0 Å². The van der Waals surface area contributed by atoms with Gasteiger partial charge in [-0.2, -0.15) is 0 Å². The summed E-state index contributed by atoms with van der Waals surface area (Å²) in [6.45, 7) is 2.53. The lowest BCUT2D eigenvalue weighted by Gasteiger charge is -2.13. The summed E-state index contributed by atoms with van der Waals surface area (Å²) in [6.07, 6.45) is 4.42. The quantitative estimate of drug-likeness (QED) is 0.802. The molecule has 1 saturated carbocycles. The Bertz CT molecular complexity index is 443. The van der Waals surface area contributed by atoms with E-state index >= 15 is 0 Å². The third-order valence-electron chi connectivity index (χ3n) is 3.42. The molecule has 1 aliphatic rings. The van der Waals surface area contributed by atoms with Crippen LogP contribution in [0.15, 0.2) is 23.1 Å². The second kappa shape index (κ2) is 5.76. The van der Waals surface area contributed by atoms with Gasteiger partial charge in [-0.05, 0) is 49.6 Å². The molecule has 0 spiro atoms. The van der Waals surface area contributed by atoms with Crippen molar-refractivity contribution >= 4 is 17.7 Å². The summed E-state index contributed by atoms with van der Waals surface area (Å²) in [5, 5.41) is 2.94. The molecule has 0 aliphatic heterocycles. The average molecular weight is 264 g/mol. The van der Waals surface area contributed by atoms with Crippen molar-refractivity contribution in [3.63, 3.8) is 0 Å². The Morgan fingerprint density at radius 3 is 2.89 bits per heavy atom. The number of hydrogen-bond donors (Lipinski definition) is 2. The number of thioether (sulfide) groups is 1. The van der Waals surface area contributed by atoms with Crippen LogP contribution in [-0.4, -0.2) is 24.7 Å². The van der Waals surface area contributed by atoms with Crippen molar-refractivity contribution in [2.45, 2.75) is 30.7 Å². The van der Waals surface area contributed by atoms with E-state index in [0.29, 0.717) is 12.5 Å². The number of nitrogens with two attached hydrogens (primary N) is 1. The van der Waals surface area contributed by atoms with Crippen LogP contribution in [-0.2, 0) is 0 Å². The molecular weight excluding hydrogens is 244 g/mol. The Labute approximate surface area is 113 Å². The molecule has 1 aromatic rings. The van der Waals surface area contributed by atoms with Crippen molar-refractivity contribution in [3.8, 4) is 0 Å². The van der Waals surface area contributed by atoms with E-state index in [4.69, 9.17) is 5.73 Å². The Balaban J connectivity index is 1.98. The molecule has 0 bridgehead atoms. The van der Waals surface area contributed by atoms with Crippen LogP contribution in [0, 0.1) is 12.8 Å². The number of rotatable bonds is 5. The largest absolute Gasteiger partial charge is 0.350 e. The molecule has 98 valence electrons. The molecule has 2 rings (SSSR count). The third-order valence-corrected chi connectivity index (χ3v) is 4.14. The number of hydrogen-bond acceptors (Lipinski definition) is 3. The molecule has 4 heteroatoms. The lowest BCUT2D eigenvalue weighted by atomic mass is 10.1. The number of amides is 1. The van der Waals surface area contributed by atoms with Gasteiger partial charge in [-0.15, -0.1) is 11.8 Å². The Morgan fingerprint density at radius 1 is 1.56 bits per heavy atom. The van der Waals surface area contributed by atoms with E-state index in [0.717, 1.165) is 16.0 Å². The van der Waals surface area contributed by atoms with Crippen LogP contribution in [0.5, 0.6) is 0 Å².